The van der Waals surface area contributed by atoms with Gasteiger partial charge in [-0.1, -0.05) is 48.0 Å². The molecule has 0 aromatic heterocycles. The van der Waals surface area contributed by atoms with E-state index in [9.17, 15) is 9.59 Å². The Morgan fingerprint density at radius 1 is 0.857 bits per heavy atom. The van der Waals surface area contributed by atoms with Gasteiger partial charge in [-0.05, 0) is 59.3 Å². The highest BCUT2D eigenvalue weighted by Gasteiger charge is 2.25. The molecule has 0 bridgehead atoms. The zero-order chi connectivity index (χ0) is 24.9. The third kappa shape index (κ3) is 5.08. The van der Waals surface area contributed by atoms with Crippen molar-refractivity contribution in [2.45, 2.75) is 6.42 Å². The molecule has 0 atom stereocenters. The second kappa shape index (κ2) is 10.5. The molecule has 7 heteroatoms. The summed E-state index contributed by atoms with van der Waals surface area (Å²) < 4.78 is 15.3. The van der Waals surface area contributed by atoms with Crippen molar-refractivity contribution in [3.63, 3.8) is 0 Å². The molecular formula is C28H24ClNO5. The van der Waals surface area contributed by atoms with Crippen molar-refractivity contribution in [2.24, 2.45) is 0 Å². The van der Waals surface area contributed by atoms with E-state index < -0.39 is 11.9 Å². The lowest BCUT2D eigenvalue weighted by Gasteiger charge is -2.19. The Hall–Kier alpha value is -4.03. The van der Waals surface area contributed by atoms with Gasteiger partial charge in [0, 0.05) is 16.1 Å². The summed E-state index contributed by atoms with van der Waals surface area (Å²) in [6, 6.07) is 22.4. The topological polar surface area (TPSA) is 73.9 Å². The van der Waals surface area contributed by atoms with E-state index in [-0.39, 0.29) is 11.1 Å². The number of rotatable bonds is 7. The van der Waals surface area contributed by atoms with Crippen LogP contribution in [0.3, 0.4) is 0 Å². The molecule has 178 valence electrons. The van der Waals surface area contributed by atoms with E-state index in [1.54, 1.807) is 19.2 Å². The van der Waals surface area contributed by atoms with Gasteiger partial charge in [0.15, 0.2) is 0 Å². The van der Waals surface area contributed by atoms with Crippen LogP contribution in [0.4, 0.5) is 11.4 Å². The zero-order valence-corrected chi connectivity index (χ0v) is 20.3. The number of fused-ring (bicyclic) bond motifs is 1. The number of carbonyl (C=O) groups is 2. The van der Waals surface area contributed by atoms with E-state index in [1.807, 2.05) is 60.7 Å². The van der Waals surface area contributed by atoms with Crippen LogP contribution in [0.5, 0.6) is 5.75 Å². The first-order valence-corrected chi connectivity index (χ1v) is 11.2. The Morgan fingerprint density at radius 2 is 1.57 bits per heavy atom. The van der Waals surface area contributed by atoms with Crippen LogP contribution >= 0.6 is 11.6 Å². The first-order valence-electron chi connectivity index (χ1n) is 10.9. The molecule has 0 unspecified atom stereocenters. The highest BCUT2D eigenvalue weighted by molar-refractivity contribution is 6.30. The number of halogens is 1. The molecular weight excluding hydrogens is 466 g/mol. The lowest BCUT2D eigenvalue weighted by atomic mass is 9.96. The number of benzene rings is 4. The Bertz CT molecular complexity index is 1400. The molecule has 6 nitrogen and oxygen atoms in total. The summed E-state index contributed by atoms with van der Waals surface area (Å²) in [7, 11) is 4.18. The van der Waals surface area contributed by atoms with E-state index in [4.69, 9.17) is 25.8 Å². The van der Waals surface area contributed by atoms with Gasteiger partial charge in [-0.2, -0.15) is 0 Å². The minimum Gasteiger partial charge on any atom is -0.497 e. The summed E-state index contributed by atoms with van der Waals surface area (Å²) in [5.74, 6) is -0.509. The molecule has 35 heavy (non-hydrogen) atoms. The van der Waals surface area contributed by atoms with Crippen molar-refractivity contribution < 1.29 is 23.8 Å². The van der Waals surface area contributed by atoms with Crippen LogP contribution in [0.15, 0.2) is 72.8 Å². The molecule has 0 aliphatic carbocycles. The van der Waals surface area contributed by atoms with Crippen LogP contribution in [-0.4, -0.2) is 33.3 Å². The van der Waals surface area contributed by atoms with Gasteiger partial charge in [0.2, 0.25) is 0 Å². The first kappa shape index (κ1) is 24.1. The summed E-state index contributed by atoms with van der Waals surface area (Å²) in [6.07, 6.45) is 0.578. The molecule has 4 rings (SSSR count). The minimum atomic E-state index is -0.649. The number of methoxy groups -OCH3 is 3. The number of hydrogen-bond acceptors (Lipinski definition) is 6. The predicted octanol–water partition coefficient (Wildman–Crippen LogP) is 6.41. The van der Waals surface area contributed by atoms with E-state index >= 15 is 0 Å². The van der Waals surface area contributed by atoms with E-state index in [0.717, 1.165) is 33.3 Å². The lowest BCUT2D eigenvalue weighted by Crippen LogP contribution is -2.15. The number of nitrogens with one attached hydrogen (secondary N) is 1. The Morgan fingerprint density at radius 3 is 2.26 bits per heavy atom. The Balaban J connectivity index is 1.87. The largest absolute Gasteiger partial charge is 0.497 e. The molecule has 0 aliphatic rings. The summed E-state index contributed by atoms with van der Waals surface area (Å²) in [4.78, 5) is 25.5. The van der Waals surface area contributed by atoms with Gasteiger partial charge in [-0.25, -0.2) is 9.59 Å². The minimum absolute atomic E-state index is 0.100. The zero-order valence-electron chi connectivity index (χ0n) is 19.6. The molecule has 4 aromatic carbocycles. The molecule has 0 aliphatic heterocycles. The van der Waals surface area contributed by atoms with Crippen molar-refractivity contribution in [1.29, 1.82) is 0 Å². The van der Waals surface area contributed by atoms with Gasteiger partial charge < -0.3 is 19.5 Å². The number of anilines is 2. The van der Waals surface area contributed by atoms with Gasteiger partial charge in [-0.15, -0.1) is 0 Å². The monoisotopic (exact) mass is 489 g/mol. The molecule has 0 fully saturated rings. The SMILES string of the molecule is COC(=O)c1cc2ccccc2c(Nc2ccc(Cl)cc2Cc2ccc(OC)cc2)c1C(=O)OC. The summed E-state index contributed by atoms with van der Waals surface area (Å²) >= 11 is 6.34. The third-order valence-corrected chi connectivity index (χ3v) is 5.96. The van der Waals surface area contributed by atoms with Crippen LogP contribution in [-0.2, 0) is 15.9 Å². The van der Waals surface area contributed by atoms with Crippen LogP contribution in [0.25, 0.3) is 10.8 Å². The van der Waals surface area contributed by atoms with Gasteiger partial charge in [0.1, 0.15) is 5.75 Å². The molecule has 0 radical (unpaired) electrons. The van der Waals surface area contributed by atoms with Crippen LogP contribution in [0.2, 0.25) is 5.02 Å². The van der Waals surface area contributed by atoms with Crippen LogP contribution in [0, 0.1) is 0 Å². The van der Waals surface area contributed by atoms with Crippen molar-refractivity contribution in [2.75, 3.05) is 26.6 Å². The smallest absolute Gasteiger partial charge is 0.340 e. The van der Waals surface area contributed by atoms with Gasteiger partial charge >= 0.3 is 11.9 Å². The van der Waals surface area contributed by atoms with E-state index in [2.05, 4.69) is 5.32 Å². The second-order valence-corrected chi connectivity index (χ2v) is 8.27. The number of hydrogen-bond donors (Lipinski definition) is 1. The van der Waals surface area contributed by atoms with Gasteiger partial charge in [0.05, 0.1) is 38.1 Å². The highest BCUT2D eigenvalue weighted by atomic mass is 35.5. The Labute approximate surface area is 208 Å². The van der Waals surface area contributed by atoms with Crippen molar-refractivity contribution in [1.82, 2.24) is 0 Å². The standard InChI is InChI=1S/C28H24ClNO5/c1-33-21-11-8-17(9-12-21)14-19-15-20(29)10-13-24(19)30-26-22-7-5-4-6-18(22)16-23(27(31)34-2)25(26)28(32)35-3/h4-13,15-16,30H,14H2,1-3H3. The van der Waals surface area contributed by atoms with Crippen molar-refractivity contribution in [3.8, 4) is 5.75 Å². The fraction of sp³-hybridized carbons (Fsp3) is 0.143. The van der Waals surface area contributed by atoms with Crippen molar-refractivity contribution in [3.05, 3.63) is 100 Å². The number of ether oxygens (including phenoxy) is 3. The van der Waals surface area contributed by atoms with Crippen molar-refractivity contribution >= 4 is 45.7 Å². The average Bonchev–Trinajstić information content (AvgIpc) is 2.89. The predicted molar refractivity (Wildman–Crippen MR) is 137 cm³/mol. The quantitative estimate of drug-likeness (QED) is 0.302. The molecule has 0 heterocycles. The molecule has 4 aromatic rings. The molecule has 1 N–H and O–H groups in total. The fourth-order valence-corrected chi connectivity index (χ4v) is 4.19. The maximum absolute atomic E-state index is 12.9. The van der Waals surface area contributed by atoms with E-state index in [1.165, 1.54) is 14.2 Å². The third-order valence-electron chi connectivity index (χ3n) is 5.72. The van der Waals surface area contributed by atoms with Crippen LogP contribution in [0.1, 0.15) is 31.8 Å². The van der Waals surface area contributed by atoms with Gasteiger partial charge in [-0.3, -0.25) is 0 Å². The summed E-state index contributed by atoms with van der Waals surface area (Å²) in [5, 5.41) is 5.51. The molecule has 0 spiro atoms. The molecule has 0 saturated carbocycles. The van der Waals surface area contributed by atoms with E-state index in [0.29, 0.717) is 17.1 Å². The van der Waals surface area contributed by atoms with Gasteiger partial charge in [0.25, 0.3) is 0 Å². The Kier molecular flexibility index (Phi) is 7.22. The number of carbonyl (C=O) groups excluding carboxylic acids is 2. The van der Waals surface area contributed by atoms with Crippen LogP contribution < -0.4 is 10.1 Å². The number of esters is 2. The lowest BCUT2D eigenvalue weighted by molar-refractivity contribution is 0.0556. The first-order chi connectivity index (χ1) is 16.9. The fourth-order valence-electron chi connectivity index (χ4n) is 3.99. The average molecular weight is 490 g/mol. The molecule has 0 amide bonds. The highest BCUT2D eigenvalue weighted by Crippen LogP contribution is 2.36. The maximum atomic E-state index is 12.9. The maximum Gasteiger partial charge on any atom is 0.340 e. The summed E-state index contributed by atoms with van der Waals surface area (Å²) in [5.41, 5.74) is 3.37. The normalized spacial score (nSPS) is 10.6. The molecule has 0 saturated heterocycles. The second-order valence-electron chi connectivity index (χ2n) is 7.83. The summed E-state index contributed by atoms with van der Waals surface area (Å²) in [6.45, 7) is 0.